The first-order valence-electron chi connectivity index (χ1n) is 11.9. The maximum absolute atomic E-state index is 5.95. The van der Waals surface area contributed by atoms with Crippen LogP contribution >= 0.6 is 0 Å². The lowest BCUT2D eigenvalue weighted by molar-refractivity contribution is -0.740. The van der Waals surface area contributed by atoms with Crippen molar-refractivity contribution in [2.45, 2.75) is 12.8 Å². The maximum atomic E-state index is 5.95. The molecule has 2 aromatic rings. The quantitative estimate of drug-likeness (QED) is 0.581. The van der Waals surface area contributed by atoms with E-state index in [0.29, 0.717) is 6.61 Å². The largest absolute Gasteiger partial charge is 0.483 e. The number of nitrogens with zero attached hydrogens (tertiary/aromatic N) is 1. The first-order chi connectivity index (χ1) is 17.1. The number of quaternary nitrogens is 2. The zero-order valence-corrected chi connectivity index (χ0v) is 20.3. The van der Waals surface area contributed by atoms with Gasteiger partial charge in [0.05, 0.1) is 11.4 Å². The zero-order chi connectivity index (χ0) is 24.2. The summed E-state index contributed by atoms with van der Waals surface area (Å²) in [6.45, 7) is 0.506. The van der Waals surface area contributed by atoms with Gasteiger partial charge < -0.3 is 25.4 Å². The Balaban J connectivity index is 1.37. The van der Waals surface area contributed by atoms with Gasteiger partial charge in [-0.2, -0.15) is 0 Å². The molecule has 0 aromatic heterocycles. The van der Waals surface area contributed by atoms with E-state index in [-0.39, 0.29) is 0 Å². The minimum Gasteiger partial charge on any atom is -0.483 e. The van der Waals surface area contributed by atoms with Crippen LogP contribution in [0.5, 0.6) is 11.5 Å². The summed E-state index contributed by atoms with van der Waals surface area (Å²) in [7, 11) is 4.14. The number of ether oxygens (including phenoxy) is 2. The molecule has 1 unspecified atom stereocenters. The Kier molecular flexibility index (Phi) is 6.57. The predicted octanol–water partition coefficient (Wildman–Crippen LogP) is 3.63. The maximum Gasteiger partial charge on any atom is 0.198 e. The van der Waals surface area contributed by atoms with Crippen LogP contribution in [-0.4, -0.2) is 25.6 Å². The molecule has 5 rings (SSSR count). The molecule has 0 amide bonds. The lowest BCUT2D eigenvalue weighted by Crippen LogP contribution is -3.00. The number of hydrogen-bond acceptors (Lipinski definition) is 4. The van der Waals surface area contributed by atoms with Gasteiger partial charge in [0.1, 0.15) is 24.7 Å². The Bertz CT molecular complexity index is 1270. The van der Waals surface area contributed by atoms with Crippen LogP contribution in [0.1, 0.15) is 12.8 Å². The van der Waals surface area contributed by atoms with Crippen LogP contribution in [0, 0.1) is 0 Å². The Morgan fingerprint density at radius 2 is 1.91 bits per heavy atom. The number of nitrogens with one attached hydrogen (secondary N) is 2. The van der Waals surface area contributed by atoms with Crippen molar-refractivity contribution in [3.63, 3.8) is 0 Å². The highest BCUT2D eigenvalue weighted by Crippen LogP contribution is 2.34. The minimum absolute atomic E-state index is 0.506. The Labute approximate surface area is 206 Å². The fourth-order valence-electron chi connectivity index (χ4n) is 4.45. The summed E-state index contributed by atoms with van der Waals surface area (Å²) in [6.07, 6.45) is 17.1. The second-order valence-corrected chi connectivity index (χ2v) is 8.92. The molecule has 0 fully saturated rings. The molecule has 0 saturated heterocycles. The highest BCUT2D eigenvalue weighted by molar-refractivity contribution is 5.64. The lowest BCUT2D eigenvalue weighted by Gasteiger charge is -2.13. The third-order valence-electron chi connectivity index (χ3n) is 6.28. The smallest absolute Gasteiger partial charge is 0.198 e. The van der Waals surface area contributed by atoms with Crippen molar-refractivity contribution in [2.24, 2.45) is 0 Å². The van der Waals surface area contributed by atoms with Crippen molar-refractivity contribution in [3.8, 4) is 11.5 Å². The van der Waals surface area contributed by atoms with Crippen LogP contribution in [0.4, 0.5) is 11.4 Å². The van der Waals surface area contributed by atoms with Crippen molar-refractivity contribution < 1.29 is 20.1 Å². The molecule has 6 nitrogen and oxygen atoms in total. The fourth-order valence-corrected chi connectivity index (χ4v) is 4.45. The molecule has 2 aromatic carbocycles. The van der Waals surface area contributed by atoms with Crippen LogP contribution in [0.15, 0.2) is 120 Å². The van der Waals surface area contributed by atoms with Crippen molar-refractivity contribution in [1.29, 1.82) is 0 Å². The van der Waals surface area contributed by atoms with E-state index in [1.165, 1.54) is 27.4 Å². The molecule has 0 radical (unpaired) electrons. The third-order valence-corrected chi connectivity index (χ3v) is 6.28. The number of allylic oxidation sites excluding steroid dienone is 6. The molecular weight excluding hydrogens is 436 g/mol. The first-order valence-corrected chi connectivity index (χ1v) is 11.9. The summed E-state index contributed by atoms with van der Waals surface area (Å²) in [4.78, 5) is 3.38. The SMILES string of the molecule is CN(C)C1=C[NH+](C2=C(/C=C/COc3ccccc3[NH3+])CC/C2=C\C=C2\Nc3ccccc3O2)C=C1. The molecule has 35 heavy (non-hydrogen) atoms. The Hall–Kier alpha value is -4.00. The van der Waals surface area contributed by atoms with Gasteiger partial charge in [-0.1, -0.05) is 30.3 Å². The third kappa shape index (κ3) is 5.09. The molecule has 5 N–H and O–H groups in total. The van der Waals surface area contributed by atoms with Crippen molar-refractivity contribution in [3.05, 3.63) is 120 Å². The molecule has 6 heteroatoms. The number of anilines is 1. The van der Waals surface area contributed by atoms with Crippen LogP contribution in [-0.2, 0) is 0 Å². The van der Waals surface area contributed by atoms with E-state index in [0.717, 1.165) is 41.6 Å². The average Bonchev–Trinajstić information content (AvgIpc) is 3.59. The summed E-state index contributed by atoms with van der Waals surface area (Å²) in [5, 5.41) is 3.34. The van der Waals surface area contributed by atoms with Gasteiger partial charge in [-0.3, -0.25) is 0 Å². The minimum atomic E-state index is 0.506. The summed E-state index contributed by atoms with van der Waals surface area (Å²) in [5.74, 6) is 2.43. The van der Waals surface area contributed by atoms with Crippen LogP contribution in [0.2, 0.25) is 0 Å². The van der Waals surface area contributed by atoms with Crippen LogP contribution in [0.25, 0.3) is 0 Å². The lowest BCUT2D eigenvalue weighted by atomic mass is 10.1. The van der Waals surface area contributed by atoms with E-state index in [2.05, 4.69) is 66.7 Å². The van der Waals surface area contributed by atoms with Gasteiger partial charge in [0.25, 0.3) is 0 Å². The summed E-state index contributed by atoms with van der Waals surface area (Å²) >= 11 is 0. The number of benzene rings is 2. The molecular formula is C29H32N4O2+2. The molecule has 0 saturated carbocycles. The number of likely N-dealkylation sites (N-methyl/N-ethyl adjacent to an activating group) is 1. The molecule has 178 valence electrons. The Morgan fingerprint density at radius 3 is 2.71 bits per heavy atom. The van der Waals surface area contributed by atoms with Gasteiger partial charge in [0, 0.05) is 37.4 Å². The van der Waals surface area contributed by atoms with Crippen molar-refractivity contribution in [1.82, 2.24) is 4.90 Å². The van der Waals surface area contributed by atoms with Gasteiger partial charge in [0.2, 0.25) is 0 Å². The highest BCUT2D eigenvalue weighted by Gasteiger charge is 2.29. The summed E-state index contributed by atoms with van der Waals surface area (Å²) < 4.78 is 11.9. The van der Waals surface area contributed by atoms with E-state index in [9.17, 15) is 0 Å². The predicted molar refractivity (Wildman–Crippen MR) is 139 cm³/mol. The standard InChI is InChI=1S/C29H30N4O2/c1-32(2)23-17-18-33(20-23)29-21(8-7-19-34-26-11-5-3-9-24(26)30)13-14-22(29)15-16-28-31-25-10-4-6-12-27(25)35-28/h3-12,15-18,20,31H,13-14,19,30H2,1-2H3/p+2/b8-7+,22-15+,28-16-. The molecule has 1 aliphatic carbocycles. The Morgan fingerprint density at radius 1 is 1.09 bits per heavy atom. The fraction of sp³-hybridized carbons (Fsp3) is 0.172. The van der Waals surface area contributed by atoms with E-state index < -0.39 is 0 Å². The van der Waals surface area contributed by atoms with Crippen LogP contribution in [0.3, 0.4) is 0 Å². The highest BCUT2D eigenvalue weighted by atomic mass is 16.5. The number of fused-ring (bicyclic) bond motifs is 1. The van der Waals surface area contributed by atoms with E-state index in [4.69, 9.17) is 9.47 Å². The van der Waals surface area contributed by atoms with Crippen molar-refractivity contribution in [2.75, 3.05) is 26.0 Å². The number of rotatable bonds is 7. The second kappa shape index (κ2) is 10.1. The van der Waals surface area contributed by atoms with E-state index in [1.54, 1.807) is 0 Å². The normalized spacial score (nSPS) is 21.0. The van der Waals surface area contributed by atoms with Gasteiger partial charge in [-0.25, -0.2) is 4.90 Å². The summed E-state index contributed by atoms with van der Waals surface area (Å²) in [5.41, 5.74) is 11.0. The number of hydrogen-bond donors (Lipinski definition) is 3. The molecule has 0 spiro atoms. The molecule has 3 aliphatic rings. The molecule has 1 atom stereocenters. The molecule has 2 heterocycles. The average molecular weight is 469 g/mol. The first kappa shape index (κ1) is 22.8. The topological polar surface area (TPSA) is 65.8 Å². The van der Waals surface area contributed by atoms with Gasteiger partial charge in [-0.05, 0) is 49.3 Å². The molecule has 2 aliphatic heterocycles. The van der Waals surface area contributed by atoms with Crippen molar-refractivity contribution >= 4 is 11.4 Å². The zero-order valence-electron chi connectivity index (χ0n) is 20.3. The van der Waals surface area contributed by atoms with Gasteiger partial charge in [-0.15, -0.1) is 0 Å². The van der Waals surface area contributed by atoms with Gasteiger partial charge in [0.15, 0.2) is 23.1 Å². The number of para-hydroxylation sites is 3. The van der Waals surface area contributed by atoms with E-state index in [1.807, 2.05) is 54.6 Å². The monoisotopic (exact) mass is 468 g/mol. The van der Waals surface area contributed by atoms with E-state index >= 15 is 0 Å². The summed E-state index contributed by atoms with van der Waals surface area (Å²) in [6, 6.07) is 15.8. The second-order valence-electron chi connectivity index (χ2n) is 8.92. The molecule has 0 bridgehead atoms. The van der Waals surface area contributed by atoms with Crippen LogP contribution < -0.4 is 25.4 Å². The van der Waals surface area contributed by atoms with Gasteiger partial charge >= 0.3 is 0 Å².